The number of hydrogen-bond acceptors (Lipinski definition) is 5. The zero-order valence-corrected chi connectivity index (χ0v) is 16.9. The highest BCUT2D eigenvalue weighted by molar-refractivity contribution is 6.25. The maximum absolute atomic E-state index is 12.8. The average molecular weight is 408 g/mol. The smallest absolute Gasteiger partial charge is 0.306 e. The summed E-state index contributed by atoms with van der Waals surface area (Å²) in [5, 5.41) is 1.53. The van der Waals surface area contributed by atoms with Crippen molar-refractivity contribution in [3.63, 3.8) is 0 Å². The van der Waals surface area contributed by atoms with Crippen molar-refractivity contribution in [3.8, 4) is 0 Å². The molecule has 7 heteroatoms. The van der Waals surface area contributed by atoms with Crippen LogP contribution in [0, 0.1) is 0 Å². The van der Waals surface area contributed by atoms with E-state index in [9.17, 15) is 19.2 Å². The van der Waals surface area contributed by atoms with Crippen LogP contribution in [0.4, 0.5) is 0 Å². The molecule has 30 heavy (non-hydrogen) atoms. The van der Waals surface area contributed by atoms with Gasteiger partial charge < -0.3 is 9.64 Å². The SMILES string of the molecule is C[C@H](OC(=O)CCCN1C(=O)c2cccc3cccc(c23)C1=O)C(=O)N1CCCC1. The summed E-state index contributed by atoms with van der Waals surface area (Å²) >= 11 is 0. The quantitative estimate of drug-likeness (QED) is 0.542. The number of esters is 1. The first kappa shape index (κ1) is 20.1. The normalized spacial score (nSPS) is 16.8. The molecule has 0 bridgehead atoms. The molecule has 156 valence electrons. The Morgan fingerprint density at radius 2 is 1.60 bits per heavy atom. The van der Waals surface area contributed by atoms with E-state index in [1.54, 1.807) is 36.1 Å². The molecule has 0 saturated carbocycles. The van der Waals surface area contributed by atoms with Crippen LogP contribution >= 0.6 is 0 Å². The maximum Gasteiger partial charge on any atom is 0.306 e. The van der Waals surface area contributed by atoms with E-state index < -0.39 is 12.1 Å². The molecule has 7 nitrogen and oxygen atoms in total. The highest BCUT2D eigenvalue weighted by atomic mass is 16.5. The van der Waals surface area contributed by atoms with Gasteiger partial charge >= 0.3 is 5.97 Å². The van der Waals surface area contributed by atoms with Crippen LogP contribution in [-0.4, -0.2) is 59.2 Å². The van der Waals surface area contributed by atoms with Crippen molar-refractivity contribution in [2.45, 2.75) is 38.7 Å². The molecule has 2 aromatic rings. The van der Waals surface area contributed by atoms with Crippen molar-refractivity contribution >= 4 is 34.5 Å². The fourth-order valence-corrected chi connectivity index (χ4v) is 4.17. The van der Waals surface area contributed by atoms with Crippen LogP contribution in [-0.2, 0) is 14.3 Å². The molecule has 1 saturated heterocycles. The topological polar surface area (TPSA) is 84.0 Å². The summed E-state index contributed by atoms with van der Waals surface area (Å²) in [6, 6.07) is 10.8. The van der Waals surface area contributed by atoms with E-state index in [1.807, 2.05) is 12.1 Å². The minimum Gasteiger partial charge on any atom is -0.453 e. The van der Waals surface area contributed by atoms with E-state index in [1.165, 1.54) is 4.90 Å². The Morgan fingerprint density at radius 3 is 2.20 bits per heavy atom. The summed E-state index contributed by atoms with van der Waals surface area (Å²) in [5.41, 5.74) is 0.991. The van der Waals surface area contributed by atoms with E-state index in [4.69, 9.17) is 4.74 Å². The number of amides is 3. The molecule has 1 atom stereocenters. The lowest BCUT2D eigenvalue weighted by atomic mass is 9.94. The van der Waals surface area contributed by atoms with Gasteiger partial charge in [0.1, 0.15) is 0 Å². The standard InChI is InChI=1S/C23H24N2O5/c1-15(21(27)24-12-2-3-13-24)30-19(26)11-6-14-25-22(28)17-9-4-7-16-8-5-10-18(20(16)17)23(25)29/h4-5,7-10,15H,2-3,6,11-14H2,1H3/t15-/m0/s1. The van der Waals surface area contributed by atoms with Crippen LogP contribution in [0.2, 0.25) is 0 Å². The predicted octanol–water partition coefficient (Wildman–Crippen LogP) is 2.77. The Morgan fingerprint density at radius 1 is 1.00 bits per heavy atom. The summed E-state index contributed by atoms with van der Waals surface area (Å²) in [6.07, 6.45) is 1.43. The highest BCUT2D eigenvalue weighted by Gasteiger charge is 2.32. The molecular formula is C23H24N2O5. The van der Waals surface area contributed by atoms with Gasteiger partial charge in [-0.1, -0.05) is 24.3 Å². The summed E-state index contributed by atoms with van der Waals surface area (Å²) in [7, 11) is 0. The molecule has 0 N–H and O–H groups in total. The third-order valence-corrected chi connectivity index (χ3v) is 5.69. The van der Waals surface area contributed by atoms with Crippen LogP contribution in [0.1, 0.15) is 53.3 Å². The maximum atomic E-state index is 12.8. The first-order chi connectivity index (χ1) is 14.5. The summed E-state index contributed by atoms with van der Waals surface area (Å²) < 4.78 is 5.25. The van der Waals surface area contributed by atoms with E-state index in [2.05, 4.69) is 0 Å². The largest absolute Gasteiger partial charge is 0.453 e. The first-order valence-electron chi connectivity index (χ1n) is 10.3. The fourth-order valence-electron chi connectivity index (χ4n) is 4.17. The predicted molar refractivity (Wildman–Crippen MR) is 110 cm³/mol. The lowest BCUT2D eigenvalue weighted by Crippen LogP contribution is -2.41. The number of carbonyl (C=O) groups excluding carboxylic acids is 4. The number of imide groups is 1. The Hall–Kier alpha value is -3.22. The lowest BCUT2D eigenvalue weighted by Gasteiger charge is -2.27. The van der Waals surface area contributed by atoms with Gasteiger partial charge in [0.2, 0.25) is 0 Å². The van der Waals surface area contributed by atoms with Gasteiger partial charge in [0.25, 0.3) is 17.7 Å². The minimum absolute atomic E-state index is 0.0283. The molecule has 3 amide bonds. The minimum atomic E-state index is -0.821. The molecule has 2 aliphatic heterocycles. The lowest BCUT2D eigenvalue weighted by molar-refractivity contribution is -0.158. The molecule has 0 unspecified atom stereocenters. The average Bonchev–Trinajstić information content (AvgIpc) is 3.28. The number of carbonyl (C=O) groups is 4. The molecule has 0 aliphatic carbocycles. The van der Waals surface area contributed by atoms with Crippen molar-refractivity contribution in [1.82, 2.24) is 9.80 Å². The highest BCUT2D eigenvalue weighted by Crippen LogP contribution is 2.30. The Kier molecular flexibility index (Phi) is 5.53. The van der Waals surface area contributed by atoms with Crippen molar-refractivity contribution in [2.24, 2.45) is 0 Å². The zero-order valence-electron chi connectivity index (χ0n) is 16.9. The molecule has 1 fully saturated rings. The van der Waals surface area contributed by atoms with E-state index >= 15 is 0 Å². The van der Waals surface area contributed by atoms with Crippen LogP contribution in [0.15, 0.2) is 36.4 Å². The summed E-state index contributed by atoms with van der Waals surface area (Å²) in [5.74, 6) is -1.38. The number of nitrogens with zero attached hydrogens (tertiary/aromatic N) is 2. The number of hydrogen-bond donors (Lipinski definition) is 0. The molecule has 2 aromatic carbocycles. The molecule has 0 aromatic heterocycles. The first-order valence-corrected chi connectivity index (χ1v) is 10.3. The number of likely N-dealkylation sites (tertiary alicyclic amines) is 1. The van der Waals surface area contributed by atoms with Crippen molar-refractivity contribution in [3.05, 3.63) is 47.5 Å². The van der Waals surface area contributed by atoms with Gasteiger partial charge in [-0.25, -0.2) is 0 Å². The second-order valence-electron chi connectivity index (χ2n) is 7.74. The van der Waals surface area contributed by atoms with E-state index in [0.29, 0.717) is 29.6 Å². The molecule has 0 spiro atoms. The summed E-state index contributed by atoms with van der Waals surface area (Å²) in [6.45, 7) is 3.10. The number of benzene rings is 2. The van der Waals surface area contributed by atoms with Gasteiger partial charge in [0, 0.05) is 42.6 Å². The molecular weight excluding hydrogens is 384 g/mol. The van der Waals surface area contributed by atoms with Crippen LogP contribution in [0.3, 0.4) is 0 Å². The van der Waals surface area contributed by atoms with Gasteiger partial charge in [-0.2, -0.15) is 0 Å². The second-order valence-corrected chi connectivity index (χ2v) is 7.74. The molecule has 4 rings (SSSR count). The van der Waals surface area contributed by atoms with Crippen molar-refractivity contribution in [1.29, 1.82) is 0 Å². The Balaban J connectivity index is 1.35. The Bertz CT molecular complexity index is 975. The third-order valence-electron chi connectivity index (χ3n) is 5.69. The molecule has 2 heterocycles. The summed E-state index contributed by atoms with van der Waals surface area (Å²) in [4.78, 5) is 53.0. The molecule has 0 radical (unpaired) electrons. The molecule has 2 aliphatic rings. The van der Waals surface area contributed by atoms with Crippen molar-refractivity contribution < 1.29 is 23.9 Å². The van der Waals surface area contributed by atoms with Gasteiger partial charge in [-0.15, -0.1) is 0 Å². The number of rotatable bonds is 6. The van der Waals surface area contributed by atoms with Gasteiger partial charge in [-0.05, 0) is 43.7 Å². The van der Waals surface area contributed by atoms with Gasteiger partial charge in [-0.3, -0.25) is 24.1 Å². The number of ether oxygens (including phenoxy) is 1. The van der Waals surface area contributed by atoms with Gasteiger partial charge in [0.05, 0.1) is 0 Å². The Labute approximate surface area is 174 Å². The third kappa shape index (κ3) is 3.67. The zero-order chi connectivity index (χ0) is 21.3. The van der Waals surface area contributed by atoms with Crippen LogP contribution in [0.25, 0.3) is 10.8 Å². The van der Waals surface area contributed by atoms with E-state index in [0.717, 1.165) is 18.2 Å². The van der Waals surface area contributed by atoms with Crippen molar-refractivity contribution in [2.75, 3.05) is 19.6 Å². The second kappa shape index (κ2) is 8.26. The fraction of sp³-hybridized carbons (Fsp3) is 0.391. The van der Waals surface area contributed by atoms with Gasteiger partial charge in [0.15, 0.2) is 6.10 Å². The monoisotopic (exact) mass is 408 g/mol. The van der Waals surface area contributed by atoms with E-state index in [-0.39, 0.29) is 37.1 Å². The van der Waals surface area contributed by atoms with Crippen LogP contribution < -0.4 is 0 Å². The van der Waals surface area contributed by atoms with Crippen LogP contribution in [0.5, 0.6) is 0 Å².